The van der Waals surface area contributed by atoms with Crippen molar-refractivity contribution in [2.24, 2.45) is 0 Å². The van der Waals surface area contributed by atoms with Gasteiger partial charge in [-0.15, -0.1) is 5.10 Å². The molecule has 0 radical (unpaired) electrons. The second-order valence-corrected chi connectivity index (χ2v) is 8.51. The summed E-state index contributed by atoms with van der Waals surface area (Å²) in [5.41, 5.74) is 0.837. The summed E-state index contributed by atoms with van der Waals surface area (Å²) in [7, 11) is 0. The molecular weight excluding hydrogens is 398 g/mol. The molecule has 4 rings (SSSR count). The predicted molar refractivity (Wildman–Crippen MR) is 116 cm³/mol. The van der Waals surface area contributed by atoms with Crippen LogP contribution in [0.1, 0.15) is 44.6 Å². The van der Waals surface area contributed by atoms with Crippen LogP contribution in [0.15, 0.2) is 48.5 Å². The van der Waals surface area contributed by atoms with Gasteiger partial charge in [0.2, 0.25) is 0 Å². The van der Waals surface area contributed by atoms with Gasteiger partial charge in [-0.2, -0.15) is 0 Å². The van der Waals surface area contributed by atoms with E-state index in [2.05, 4.69) is 41.2 Å². The Bertz CT molecular complexity index is 1030. The number of aromatic nitrogens is 4. The summed E-state index contributed by atoms with van der Waals surface area (Å²) in [6.07, 6.45) is 0.829. The van der Waals surface area contributed by atoms with E-state index in [1.165, 1.54) is 12.1 Å². The molecule has 0 spiro atoms. The number of nitrogens with zero attached hydrogens (tertiary/aromatic N) is 6. The van der Waals surface area contributed by atoms with Crippen LogP contribution in [0, 0.1) is 11.6 Å². The van der Waals surface area contributed by atoms with Crippen LogP contribution in [0.2, 0.25) is 0 Å². The molecule has 0 aliphatic carbocycles. The van der Waals surface area contributed by atoms with E-state index in [0.29, 0.717) is 43.3 Å². The maximum atomic E-state index is 14.9. The normalized spacial score (nSPS) is 16.5. The number of para-hydroxylation sites is 1. The van der Waals surface area contributed by atoms with Gasteiger partial charge < -0.3 is 4.90 Å². The smallest absolute Gasteiger partial charge is 0.173 e. The van der Waals surface area contributed by atoms with Crippen molar-refractivity contribution in [2.45, 2.75) is 38.8 Å². The Balaban J connectivity index is 1.67. The number of hydrogen-bond donors (Lipinski definition) is 0. The Kier molecular flexibility index (Phi) is 6.00. The Morgan fingerprint density at radius 1 is 0.935 bits per heavy atom. The van der Waals surface area contributed by atoms with E-state index in [0.717, 1.165) is 6.42 Å². The first kappa shape index (κ1) is 21.4. The topological polar surface area (TPSA) is 50.1 Å². The standard InChI is InChI=1S/C23H28F2N6/c1-4-23(2,3)31-22(26-27-28-31)21(17-9-5-6-10-18(17)24)30-15-13-29(14-16-30)20-12-8-7-11-19(20)25/h5-12,21H,4,13-16H2,1-3H3/t21-/m1/s1. The first-order valence-corrected chi connectivity index (χ1v) is 10.7. The van der Waals surface area contributed by atoms with Crippen molar-refractivity contribution >= 4 is 5.69 Å². The van der Waals surface area contributed by atoms with Crippen molar-refractivity contribution in [1.82, 2.24) is 25.1 Å². The van der Waals surface area contributed by atoms with Crippen LogP contribution in [-0.2, 0) is 5.54 Å². The van der Waals surface area contributed by atoms with Gasteiger partial charge in [0, 0.05) is 31.7 Å². The SMILES string of the molecule is CCC(C)(C)n1nnnc1[C@@H](c1ccccc1F)N1CCN(c2ccccc2F)CC1. The highest BCUT2D eigenvalue weighted by Crippen LogP contribution is 2.33. The molecule has 1 aromatic heterocycles. The quantitative estimate of drug-likeness (QED) is 0.596. The molecule has 0 bridgehead atoms. The Hall–Kier alpha value is -2.87. The maximum Gasteiger partial charge on any atom is 0.173 e. The molecule has 2 aromatic carbocycles. The van der Waals surface area contributed by atoms with E-state index in [1.807, 2.05) is 21.7 Å². The summed E-state index contributed by atoms with van der Waals surface area (Å²) in [5, 5.41) is 12.5. The second kappa shape index (κ2) is 8.70. The van der Waals surface area contributed by atoms with Crippen LogP contribution < -0.4 is 4.90 Å². The van der Waals surface area contributed by atoms with E-state index in [4.69, 9.17) is 0 Å². The van der Waals surface area contributed by atoms with Crippen molar-refractivity contribution in [3.63, 3.8) is 0 Å². The predicted octanol–water partition coefficient (Wildman–Crippen LogP) is 4.01. The molecule has 1 aliphatic rings. The van der Waals surface area contributed by atoms with E-state index in [1.54, 1.807) is 24.3 Å². The third kappa shape index (κ3) is 4.17. The molecule has 0 amide bonds. The number of piperazine rings is 1. The molecule has 31 heavy (non-hydrogen) atoms. The lowest BCUT2D eigenvalue weighted by atomic mass is 9.98. The highest BCUT2D eigenvalue weighted by Gasteiger charge is 2.35. The van der Waals surface area contributed by atoms with Crippen molar-refractivity contribution in [3.05, 3.63) is 71.6 Å². The number of halogens is 2. The third-order valence-corrected chi connectivity index (χ3v) is 6.25. The van der Waals surface area contributed by atoms with Gasteiger partial charge >= 0.3 is 0 Å². The van der Waals surface area contributed by atoms with E-state index in [9.17, 15) is 8.78 Å². The molecule has 1 atom stereocenters. The lowest BCUT2D eigenvalue weighted by Crippen LogP contribution is -2.49. The van der Waals surface area contributed by atoms with Crippen molar-refractivity contribution < 1.29 is 8.78 Å². The summed E-state index contributed by atoms with van der Waals surface area (Å²) in [6.45, 7) is 8.74. The zero-order valence-corrected chi connectivity index (χ0v) is 18.2. The number of benzene rings is 2. The van der Waals surface area contributed by atoms with Crippen molar-refractivity contribution in [2.75, 3.05) is 31.1 Å². The van der Waals surface area contributed by atoms with Crippen LogP contribution in [0.3, 0.4) is 0 Å². The highest BCUT2D eigenvalue weighted by atomic mass is 19.1. The van der Waals surface area contributed by atoms with Gasteiger partial charge in [0.15, 0.2) is 5.82 Å². The zero-order chi connectivity index (χ0) is 22.0. The van der Waals surface area contributed by atoms with Crippen molar-refractivity contribution in [1.29, 1.82) is 0 Å². The summed E-state index contributed by atoms with van der Waals surface area (Å²) in [6, 6.07) is 13.2. The largest absolute Gasteiger partial charge is 0.367 e. The Morgan fingerprint density at radius 2 is 1.58 bits per heavy atom. The highest BCUT2D eigenvalue weighted by molar-refractivity contribution is 5.48. The molecule has 0 unspecified atom stereocenters. The molecule has 6 nitrogen and oxygen atoms in total. The molecular formula is C23H28F2N6. The molecule has 0 saturated carbocycles. The second-order valence-electron chi connectivity index (χ2n) is 8.51. The van der Waals surface area contributed by atoms with Crippen LogP contribution in [0.25, 0.3) is 0 Å². The van der Waals surface area contributed by atoms with Crippen LogP contribution >= 0.6 is 0 Å². The first-order valence-electron chi connectivity index (χ1n) is 10.7. The van der Waals surface area contributed by atoms with Gasteiger partial charge in [-0.25, -0.2) is 13.5 Å². The van der Waals surface area contributed by atoms with Gasteiger partial charge in [-0.05, 0) is 48.9 Å². The van der Waals surface area contributed by atoms with Gasteiger partial charge in [0.05, 0.1) is 11.2 Å². The lowest BCUT2D eigenvalue weighted by Gasteiger charge is -2.40. The lowest BCUT2D eigenvalue weighted by molar-refractivity contribution is 0.184. The molecule has 8 heteroatoms. The Morgan fingerprint density at radius 3 is 2.23 bits per heavy atom. The van der Waals surface area contributed by atoms with E-state index < -0.39 is 6.04 Å². The van der Waals surface area contributed by atoms with Crippen LogP contribution in [-0.4, -0.2) is 51.3 Å². The minimum absolute atomic E-state index is 0.227. The summed E-state index contributed by atoms with van der Waals surface area (Å²) in [5.74, 6) is 0.111. The molecule has 1 fully saturated rings. The van der Waals surface area contributed by atoms with E-state index in [-0.39, 0.29) is 17.2 Å². The Labute approximate surface area is 181 Å². The molecule has 3 aromatic rings. The fourth-order valence-electron chi connectivity index (χ4n) is 4.07. The zero-order valence-electron chi connectivity index (χ0n) is 18.2. The van der Waals surface area contributed by atoms with Gasteiger partial charge in [0.25, 0.3) is 0 Å². The number of tetrazole rings is 1. The van der Waals surface area contributed by atoms with Gasteiger partial charge in [-0.3, -0.25) is 4.90 Å². The summed E-state index contributed by atoms with van der Waals surface area (Å²) >= 11 is 0. The molecule has 164 valence electrons. The van der Waals surface area contributed by atoms with Gasteiger partial charge in [-0.1, -0.05) is 37.3 Å². The van der Waals surface area contributed by atoms with Crippen molar-refractivity contribution in [3.8, 4) is 0 Å². The third-order valence-electron chi connectivity index (χ3n) is 6.25. The fourth-order valence-corrected chi connectivity index (χ4v) is 4.07. The first-order chi connectivity index (χ1) is 14.9. The molecule has 2 heterocycles. The average molecular weight is 427 g/mol. The number of rotatable bonds is 6. The average Bonchev–Trinajstić information content (AvgIpc) is 3.27. The fraction of sp³-hybridized carbons (Fsp3) is 0.435. The summed E-state index contributed by atoms with van der Waals surface area (Å²) < 4.78 is 31.0. The monoisotopic (exact) mass is 426 g/mol. The minimum Gasteiger partial charge on any atom is -0.367 e. The number of anilines is 1. The minimum atomic E-state index is -0.426. The molecule has 0 N–H and O–H groups in total. The summed E-state index contributed by atoms with van der Waals surface area (Å²) in [4.78, 5) is 4.22. The van der Waals surface area contributed by atoms with Crippen LogP contribution in [0.4, 0.5) is 14.5 Å². The van der Waals surface area contributed by atoms with Crippen LogP contribution in [0.5, 0.6) is 0 Å². The maximum absolute atomic E-state index is 14.9. The molecule has 1 saturated heterocycles. The van der Waals surface area contributed by atoms with E-state index >= 15 is 0 Å². The molecule has 1 aliphatic heterocycles. The number of hydrogen-bond acceptors (Lipinski definition) is 5. The van der Waals surface area contributed by atoms with Gasteiger partial charge in [0.1, 0.15) is 17.7 Å².